The molecular formula is C15H27N3O. The summed E-state index contributed by atoms with van der Waals surface area (Å²) >= 11 is 0. The minimum Gasteiger partial charge on any atom is -0.356 e. The molecule has 0 fully saturated rings. The summed E-state index contributed by atoms with van der Waals surface area (Å²) in [5, 5.41) is 6.25. The number of aromatic nitrogens is 1. The van der Waals surface area contributed by atoms with Gasteiger partial charge in [0, 0.05) is 44.5 Å². The molecule has 1 rings (SSSR count). The van der Waals surface area contributed by atoms with Crippen molar-refractivity contribution in [2.24, 2.45) is 13.0 Å². The van der Waals surface area contributed by atoms with Gasteiger partial charge in [-0.2, -0.15) is 0 Å². The van der Waals surface area contributed by atoms with Crippen LogP contribution in [-0.2, 0) is 18.4 Å². The van der Waals surface area contributed by atoms with Gasteiger partial charge in [0.25, 0.3) is 0 Å². The molecule has 1 amide bonds. The molecule has 0 bridgehead atoms. The number of carbonyl (C=O) groups excluding carboxylic acids is 1. The van der Waals surface area contributed by atoms with Crippen LogP contribution in [0.25, 0.3) is 0 Å². The number of rotatable bonds is 7. The number of aryl methyl sites for hydroxylation is 1. The fourth-order valence-corrected chi connectivity index (χ4v) is 1.94. The van der Waals surface area contributed by atoms with Crippen LogP contribution in [0.15, 0.2) is 6.07 Å². The van der Waals surface area contributed by atoms with E-state index in [4.69, 9.17) is 0 Å². The first-order valence-electron chi connectivity index (χ1n) is 7.01. The highest BCUT2D eigenvalue weighted by molar-refractivity contribution is 5.76. The third-order valence-electron chi connectivity index (χ3n) is 3.43. The first-order valence-corrected chi connectivity index (χ1v) is 7.01. The van der Waals surface area contributed by atoms with E-state index in [2.05, 4.69) is 56.0 Å². The van der Waals surface area contributed by atoms with Gasteiger partial charge in [0.15, 0.2) is 0 Å². The van der Waals surface area contributed by atoms with Gasteiger partial charge in [-0.25, -0.2) is 0 Å². The molecule has 0 unspecified atom stereocenters. The molecule has 0 spiro atoms. The molecular weight excluding hydrogens is 238 g/mol. The molecule has 0 saturated heterocycles. The van der Waals surface area contributed by atoms with Crippen LogP contribution in [0, 0.1) is 19.8 Å². The topological polar surface area (TPSA) is 46.1 Å². The number of hydrogen-bond acceptors (Lipinski definition) is 2. The number of hydrogen-bond donors (Lipinski definition) is 2. The van der Waals surface area contributed by atoms with Gasteiger partial charge in [-0.3, -0.25) is 4.79 Å². The van der Waals surface area contributed by atoms with Crippen molar-refractivity contribution in [1.29, 1.82) is 0 Å². The molecule has 0 aliphatic rings. The molecule has 19 heavy (non-hydrogen) atoms. The number of carbonyl (C=O) groups is 1. The van der Waals surface area contributed by atoms with Gasteiger partial charge >= 0.3 is 0 Å². The maximum Gasteiger partial charge on any atom is 0.221 e. The zero-order chi connectivity index (χ0) is 14.4. The van der Waals surface area contributed by atoms with Gasteiger partial charge in [-0.15, -0.1) is 0 Å². The van der Waals surface area contributed by atoms with Crippen LogP contribution in [0.2, 0.25) is 0 Å². The summed E-state index contributed by atoms with van der Waals surface area (Å²) in [6.45, 7) is 10.7. The Labute approximate surface area is 116 Å². The summed E-state index contributed by atoms with van der Waals surface area (Å²) in [5.41, 5.74) is 3.86. The van der Waals surface area contributed by atoms with Crippen LogP contribution < -0.4 is 10.6 Å². The average Bonchev–Trinajstić information content (AvgIpc) is 2.60. The van der Waals surface area contributed by atoms with Gasteiger partial charge < -0.3 is 15.2 Å². The molecule has 0 atom stereocenters. The lowest BCUT2D eigenvalue weighted by Gasteiger charge is -2.08. The van der Waals surface area contributed by atoms with Gasteiger partial charge in [0.2, 0.25) is 5.91 Å². The van der Waals surface area contributed by atoms with Gasteiger partial charge in [-0.05, 0) is 31.4 Å². The smallest absolute Gasteiger partial charge is 0.221 e. The quantitative estimate of drug-likeness (QED) is 0.740. The fraction of sp³-hybridized carbons (Fsp3) is 0.667. The normalized spacial score (nSPS) is 11.1. The molecule has 2 N–H and O–H groups in total. The van der Waals surface area contributed by atoms with Crippen LogP contribution in [0.1, 0.15) is 37.2 Å². The van der Waals surface area contributed by atoms with Crippen molar-refractivity contribution in [3.05, 3.63) is 23.0 Å². The maximum absolute atomic E-state index is 11.5. The Morgan fingerprint density at radius 2 is 2.05 bits per heavy atom. The van der Waals surface area contributed by atoms with E-state index in [1.165, 1.54) is 17.0 Å². The first-order chi connectivity index (χ1) is 8.91. The molecule has 1 aromatic rings. The van der Waals surface area contributed by atoms with Gasteiger partial charge in [-0.1, -0.05) is 13.8 Å². The molecule has 4 heteroatoms. The average molecular weight is 265 g/mol. The van der Waals surface area contributed by atoms with E-state index in [0.717, 1.165) is 19.6 Å². The second kappa shape index (κ2) is 7.34. The van der Waals surface area contributed by atoms with Crippen LogP contribution >= 0.6 is 0 Å². The van der Waals surface area contributed by atoms with Crippen molar-refractivity contribution < 1.29 is 4.79 Å². The molecule has 0 aromatic carbocycles. The van der Waals surface area contributed by atoms with E-state index in [9.17, 15) is 4.79 Å². The maximum atomic E-state index is 11.5. The lowest BCUT2D eigenvalue weighted by molar-refractivity contribution is -0.121. The summed E-state index contributed by atoms with van der Waals surface area (Å²) in [4.78, 5) is 11.5. The second-order valence-electron chi connectivity index (χ2n) is 5.58. The zero-order valence-corrected chi connectivity index (χ0v) is 12.8. The third kappa shape index (κ3) is 5.07. The molecule has 4 nitrogen and oxygen atoms in total. The van der Waals surface area contributed by atoms with Crippen molar-refractivity contribution in [1.82, 2.24) is 15.2 Å². The monoisotopic (exact) mass is 265 g/mol. The summed E-state index contributed by atoms with van der Waals surface area (Å²) in [6, 6.07) is 2.20. The van der Waals surface area contributed by atoms with Crippen molar-refractivity contribution in [2.75, 3.05) is 13.1 Å². The highest BCUT2D eigenvalue weighted by atomic mass is 16.1. The number of nitrogens with zero attached hydrogens (tertiary/aromatic N) is 1. The Morgan fingerprint density at radius 1 is 1.37 bits per heavy atom. The number of nitrogens with one attached hydrogen (secondary N) is 2. The SMILES string of the molecule is Cc1cc(CNCCC(=O)NCC(C)C)c(C)n1C. The number of amides is 1. The Kier molecular flexibility index (Phi) is 6.09. The summed E-state index contributed by atoms with van der Waals surface area (Å²) in [7, 11) is 2.08. The van der Waals surface area contributed by atoms with Gasteiger partial charge in [0.05, 0.1) is 0 Å². The summed E-state index contributed by atoms with van der Waals surface area (Å²) in [5.74, 6) is 0.633. The second-order valence-corrected chi connectivity index (χ2v) is 5.58. The molecule has 108 valence electrons. The van der Waals surface area contributed by atoms with Crippen LogP contribution in [0.4, 0.5) is 0 Å². The van der Waals surface area contributed by atoms with Crippen molar-refractivity contribution in [3.8, 4) is 0 Å². The summed E-state index contributed by atoms with van der Waals surface area (Å²) in [6.07, 6.45) is 0.539. The van der Waals surface area contributed by atoms with Crippen molar-refractivity contribution in [3.63, 3.8) is 0 Å². The molecule has 0 saturated carbocycles. The van der Waals surface area contributed by atoms with E-state index in [0.29, 0.717) is 12.3 Å². The largest absolute Gasteiger partial charge is 0.356 e. The Morgan fingerprint density at radius 3 is 2.58 bits per heavy atom. The predicted molar refractivity (Wildman–Crippen MR) is 79.1 cm³/mol. The lowest BCUT2D eigenvalue weighted by atomic mass is 10.2. The van der Waals surface area contributed by atoms with E-state index in [1.807, 2.05) is 0 Å². The third-order valence-corrected chi connectivity index (χ3v) is 3.43. The first kappa shape index (κ1) is 15.8. The molecule has 1 aromatic heterocycles. The Hall–Kier alpha value is -1.29. The lowest BCUT2D eigenvalue weighted by Crippen LogP contribution is -2.30. The standard InChI is InChI=1S/C15H27N3O/c1-11(2)9-17-15(19)6-7-16-10-14-8-12(3)18(5)13(14)4/h8,11,16H,6-7,9-10H2,1-5H3,(H,17,19). The van der Waals surface area contributed by atoms with E-state index in [1.54, 1.807) is 0 Å². The predicted octanol–water partition coefficient (Wildman–Crippen LogP) is 1.89. The van der Waals surface area contributed by atoms with E-state index >= 15 is 0 Å². The molecule has 0 aliphatic carbocycles. The van der Waals surface area contributed by atoms with Gasteiger partial charge in [0.1, 0.15) is 0 Å². The fourth-order valence-electron chi connectivity index (χ4n) is 1.94. The molecule has 0 aliphatic heterocycles. The highest BCUT2D eigenvalue weighted by Crippen LogP contribution is 2.12. The van der Waals surface area contributed by atoms with E-state index < -0.39 is 0 Å². The minimum atomic E-state index is 0.127. The van der Waals surface area contributed by atoms with E-state index in [-0.39, 0.29) is 5.91 Å². The van der Waals surface area contributed by atoms with Crippen molar-refractivity contribution >= 4 is 5.91 Å². The van der Waals surface area contributed by atoms with Crippen molar-refractivity contribution in [2.45, 2.75) is 40.7 Å². The van der Waals surface area contributed by atoms with Crippen LogP contribution in [0.5, 0.6) is 0 Å². The van der Waals surface area contributed by atoms with Crippen LogP contribution in [0.3, 0.4) is 0 Å². The molecule has 0 radical (unpaired) electrons. The molecule has 1 heterocycles. The highest BCUT2D eigenvalue weighted by Gasteiger charge is 2.06. The van der Waals surface area contributed by atoms with Crippen LogP contribution in [-0.4, -0.2) is 23.6 Å². The Bertz CT molecular complexity index is 421. The zero-order valence-electron chi connectivity index (χ0n) is 12.8. The minimum absolute atomic E-state index is 0.127. The Balaban J connectivity index is 2.24. The summed E-state index contributed by atoms with van der Waals surface area (Å²) < 4.78 is 2.19.